The molecule has 0 atom stereocenters. The zero-order chi connectivity index (χ0) is 15.7. The molecule has 0 saturated carbocycles. The summed E-state index contributed by atoms with van der Waals surface area (Å²) in [6.07, 6.45) is 2.20. The fraction of sp³-hybridized carbons (Fsp3) is 0.263. The number of hydrogen-bond acceptors (Lipinski definition) is 3. The Kier molecular flexibility index (Phi) is 3.80. The lowest BCUT2D eigenvalue weighted by atomic mass is 10.0. The van der Waals surface area contributed by atoms with Crippen molar-refractivity contribution in [2.24, 2.45) is 0 Å². The monoisotopic (exact) mass is 296 g/mol. The Morgan fingerprint density at radius 2 is 1.95 bits per heavy atom. The summed E-state index contributed by atoms with van der Waals surface area (Å²) in [5.41, 5.74) is 4.23. The third-order valence-electron chi connectivity index (χ3n) is 3.98. The molecule has 0 amide bonds. The minimum Gasteiger partial charge on any atom is -0.504 e. The van der Waals surface area contributed by atoms with Crippen LogP contribution in [-0.4, -0.2) is 12.2 Å². The van der Waals surface area contributed by atoms with Crippen molar-refractivity contribution < 1.29 is 14.3 Å². The molecule has 3 nitrogen and oxygen atoms in total. The van der Waals surface area contributed by atoms with E-state index in [1.54, 1.807) is 19.2 Å². The Balaban J connectivity index is 2.13. The highest BCUT2D eigenvalue weighted by molar-refractivity contribution is 5.88. The van der Waals surface area contributed by atoms with Crippen molar-refractivity contribution in [1.29, 1.82) is 0 Å². The minimum absolute atomic E-state index is 0.130. The van der Waals surface area contributed by atoms with Crippen molar-refractivity contribution >= 4 is 11.0 Å². The number of phenolic OH excluding ortho intramolecular Hbond substituents is 1. The van der Waals surface area contributed by atoms with Crippen LogP contribution in [0.25, 0.3) is 22.3 Å². The van der Waals surface area contributed by atoms with Crippen LogP contribution < -0.4 is 4.74 Å². The van der Waals surface area contributed by atoms with E-state index in [-0.39, 0.29) is 5.75 Å². The second-order valence-electron chi connectivity index (χ2n) is 5.52. The summed E-state index contributed by atoms with van der Waals surface area (Å²) < 4.78 is 11.2. The van der Waals surface area contributed by atoms with Gasteiger partial charge in [-0.15, -0.1) is 0 Å². The number of rotatable bonds is 4. The molecule has 3 aromatic rings. The number of methoxy groups -OCH3 is 1. The Hall–Kier alpha value is -2.42. The Morgan fingerprint density at radius 3 is 2.68 bits per heavy atom. The number of benzene rings is 2. The first kappa shape index (κ1) is 14.5. The summed E-state index contributed by atoms with van der Waals surface area (Å²) >= 11 is 0. The van der Waals surface area contributed by atoms with E-state index in [1.807, 2.05) is 12.1 Å². The zero-order valence-corrected chi connectivity index (χ0v) is 13.1. The average molecular weight is 296 g/mol. The van der Waals surface area contributed by atoms with Crippen LogP contribution in [0.5, 0.6) is 11.5 Å². The van der Waals surface area contributed by atoms with Gasteiger partial charge in [0, 0.05) is 16.5 Å². The zero-order valence-electron chi connectivity index (χ0n) is 13.1. The molecule has 114 valence electrons. The third kappa shape index (κ3) is 2.43. The maximum atomic E-state index is 9.73. The number of furan rings is 1. The Labute approximate surface area is 130 Å². The summed E-state index contributed by atoms with van der Waals surface area (Å²) in [7, 11) is 1.54. The van der Waals surface area contributed by atoms with Gasteiger partial charge in [-0.2, -0.15) is 0 Å². The molecule has 0 aliphatic rings. The van der Waals surface area contributed by atoms with Gasteiger partial charge in [-0.05, 0) is 49.2 Å². The number of aromatic hydroxyl groups is 1. The van der Waals surface area contributed by atoms with Crippen molar-refractivity contribution in [2.45, 2.75) is 26.7 Å². The Morgan fingerprint density at radius 1 is 1.14 bits per heavy atom. The van der Waals surface area contributed by atoms with Gasteiger partial charge in [0.15, 0.2) is 11.5 Å². The molecular formula is C19H20O3. The molecule has 3 heteroatoms. The van der Waals surface area contributed by atoms with Crippen molar-refractivity contribution in [2.75, 3.05) is 7.11 Å². The second-order valence-corrected chi connectivity index (χ2v) is 5.52. The fourth-order valence-corrected chi connectivity index (χ4v) is 2.81. The molecule has 22 heavy (non-hydrogen) atoms. The van der Waals surface area contributed by atoms with Crippen molar-refractivity contribution in [3.63, 3.8) is 0 Å². The molecule has 3 rings (SSSR count). The van der Waals surface area contributed by atoms with Gasteiger partial charge in [0.2, 0.25) is 0 Å². The van der Waals surface area contributed by atoms with E-state index in [9.17, 15) is 5.11 Å². The van der Waals surface area contributed by atoms with Crippen LogP contribution in [-0.2, 0) is 6.42 Å². The molecule has 0 bridgehead atoms. The first-order valence-electron chi connectivity index (χ1n) is 7.53. The first-order chi connectivity index (χ1) is 10.6. The van der Waals surface area contributed by atoms with E-state index < -0.39 is 0 Å². The van der Waals surface area contributed by atoms with Gasteiger partial charge in [-0.3, -0.25) is 0 Å². The number of hydrogen-bond donors (Lipinski definition) is 1. The van der Waals surface area contributed by atoms with E-state index in [0.29, 0.717) is 5.75 Å². The molecule has 2 aromatic carbocycles. The summed E-state index contributed by atoms with van der Waals surface area (Å²) in [4.78, 5) is 0. The van der Waals surface area contributed by atoms with Crippen LogP contribution in [0.3, 0.4) is 0 Å². The minimum atomic E-state index is 0.130. The highest BCUT2D eigenvalue weighted by Gasteiger charge is 2.14. The number of fused-ring (bicyclic) bond motifs is 1. The largest absolute Gasteiger partial charge is 0.504 e. The van der Waals surface area contributed by atoms with E-state index in [2.05, 4.69) is 26.0 Å². The molecule has 1 aromatic heterocycles. The third-order valence-corrected chi connectivity index (χ3v) is 3.98. The van der Waals surface area contributed by atoms with Gasteiger partial charge < -0.3 is 14.3 Å². The molecule has 1 N–H and O–H groups in total. The summed E-state index contributed by atoms with van der Waals surface area (Å²) in [6, 6.07) is 11.6. The number of aryl methyl sites for hydroxylation is 2. The molecule has 0 radical (unpaired) electrons. The number of ether oxygens (including phenoxy) is 1. The maximum absolute atomic E-state index is 9.73. The summed E-state index contributed by atoms with van der Waals surface area (Å²) in [6.45, 7) is 4.25. The van der Waals surface area contributed by atoms with E-state index in [1.165, 1.54) is 5.56 Å². The van der Waals surface area contributed by atoms with Crippen molar-refractivity contribution in [3.8, 4) is 22.8 Å². The standard InChI is InChI=1S/C19H20O3/c1-4-5-13-6-9-17-15(10-13)12(2)19(22-17)14-7-8-16(20)18(11-14)21-3/h6-11,20H,4-5H2,1-3H3. The second kappa shape index (κ2) is 5.76. The summed E-state index contributed by atoms with van der Waals surface area (Å²) in [5.74, 6) is 1.40. The predicted octanol–water partition coefficient (Wildman–Crippen LogP) is 5.07. The molecule has 0 unspecified atom stereocenters. The molecule has 0 aliphatic carbocycles. The normalized spacial score (nSPS) is 11.0. The van der Waals surface area contributed by atoms with Crippen molar-refractivity contribution in [3.05, 3.63) is 47.5 Å². The molecule has 0 fully saturated rings. The number of phenols is 1. The topological polar surface area (TPSA) is 42.6 Å². The Bertz CT molecular complexity index is 815. The van der Waals surface area contributed by atoms with E-state index in [0.717, 1.165) is 40.7 Å². The smallest absolute Gasteiger partial charge is 0.161 e. The lowest BCUT2D eigenvalue weighted by molar-refractivity contribution is 0.373. The highest BCUT2D eigenvalue weighted by Crippen LogP contribution is 2.37. The van der Waals surface area contributed by atoms with Gasteiger partial charge in [0.25, 0.3) is 0 Å². The first-order valence-corrected chi connectivity index (χ1v) is 7.53. The maximum Gasteiger partial charge on any atom is 0.161 e. The highest BCUT2D eigenvalue weighted by atomic mass is 16.5. The van der Waals surface area contributed by atoms with Gasteiger partial charge in [0.1, 0.15) is 11.3 Å². The van der Waals surface area contributed by atoms with Gasteiger partial charge >= 0.3 is 0 Å². The molecule has 0 aliphatic heterocycles. The van der Waals surface area contributed by atoms with Crippen LogP contribution in [0.4, 0.5) is 0 Å². The van der Waals surface area contributed by atoms with Crippen molar-refractivity contribution in [1.82, 2.24) is 0 Å². The molecule has 0 saturated heterocycles. The molecular weight excluding hydrogens is 276 g/mol. The van der Waals surface area contributed by atoms with Crippen LogP contribution in [0, 0.1) is 6.92 Å². The van der Waals surface area contributed by atoms with E-state index >= 15 is 0 Å². The van der Waals surface area contributed by atoms with Gasteiger partial charge in [0.05, 0.1) is 7.11 Å². The average Bonchev–Trinajstić information content (AvgIpc) is 2.85. The van der Waals surface area contributed by atoms with E-state index in [4.69, 9.17) is 9.15 Å². The molecule has 1 heterocycles. The lowest BCUT2D eigenvalue weighted by Gasteiger charge is -2.05. The van der Waals surface area contributed by atoms with Crippen LogP contribution in [0.1, 0.15) is 24.5 Å². The van der Waals surface area contributed by atoms with Crippen LogP contribution >= 0.6 is 0 Å². The fourth-order valence-electron chi connectivity index (χ4n) is 2.81. The summed E-state index contributed by atoms with van der Waals surface area (Å²) in [5, 5.41) is 10.9. The SMILES string of the molecule is CCCc1ccc2oc(-c3ccc(O)c(OC)c3)c(C)c2c1. The van der Waals surface area contributed by atoms with Gasteiger partial charge in [-0.1, -0.05) is 19.4 Å². The van der Waals surface area contributed by atoms with Gasteiger partial charge in [-0.25, -0.2) is 0 Å². The predicted molar refractivity (Wildman–Crippen MR) is 88.6 cm³/mol. The van der Waals surface area contributed by atoms with Crippen LogP contribution in [0.15, 0.2) is 40.8 Å². The quantitative estimate of drug-likeness (QED) is 0.730. The lowest BCUT2D eigenvalue weighted by Crippen LogP contribution is -1.85. The molecule has 0 spiro atoms. The van der Waals surface area contributed by atoms with Crippen LogP contribution in [0.2, 0.25) is 0 Å².